The molecule has 0 aliphatic heterocycles. The quantitative estimate of drug-likeness (QED) is 0.775. The molecule has 1 heterocycles. The number of hydrogen-bond donors (Lipinski definition) is 2. The molecule has 1 amide bonds. The van der Waals surface area contributed by atoms with E-state index in [1.54, 1.807) is 12.4 Å². The molecule has 23 heavy (non-hydrogen) atoms. The Balaban J connectivity index is 1.86. The number of pyridine rings is 1. The Morgan fingerprint density at radius 3 is 2.78 bits per heavy atom. The highest BCUT2D eigenvalue weighted by atomic mass is 16.3. The van der Waals surface area contributed by atoms with E-state index in [4.69, 9.17) is 0 Å². The third-order valence-corrected chi connectivity index (χ3v) is 3.65. The molecule has 1 aromatic heterocycles. The summed E-state index contributed by atoms with van der Waals surface area (Å²) in [7, 11) is 0. The van der Waals surface area contributed by atoms with Gasteiger partial charge in [0.15, 0.2) is 0 Å². The average Bonchev–Trinajstić information content (AvgIpc) is 2.55. The minimum atomic E-state index is -0.0504. The van der Waals surface area contributed by atoms with Crippen LogP contribution in [0.1, 0.15) is 16.7 Å². The lowest BCUT2D eigenvalue weighted by molar-refractivity contribution is -0.122. The summed E-state index contributed by atoms with van der Waals surface area (Å²) in [5, 5.41) is 12.1. The molecule has 0 atom stereocenters. The van der Waals surface area contributed by atoms with E-state index in [0.717, 1.165) is 16.7 Å². The SMILES string of the molecule is Cc1ccccc1CNC(=O)CN(CCO)Cc1cccnc1. The summed E-state index contributed by atoms with van der Waals surface area (Å²) in [5.74, 6) is -0.0504. The van der Waals surface area contributed by atoms with Crippen LogP contribution in [0.2, 0.25) is 0 Å². The van der Waals surface area contributed by atoms with Gasteiger partial charge in [-0.15, -0.1) is 0 Å². The molecule has 0 fully saturated rings. The zero-order valence-electron chi connectivity index (χ0n) is 13.4. The second-order valence-corrected chi connectivity index (χ2v) is 5.50. The van der Waals surface area contributed by atoms with Crippen molar-refractivity contribution in [3.05, 3.63) is 65.5 Å². The van der Waals surface area contributed by atoms with Gasteiger partial charge in [-0.25, -0.2) is 0 Å². The maximum atomic E-state index is 12.2. The minimum absolute atomic E-state index is 0.0192. The van der Waals surface area contributed by atoms with Crippen molar-refractivity contribution >= 4 is 5.91 Å². The first kappa shape index (κ1) is 17.1. The van der Waals surface area contributed by atoms with Crippen molar-refractivity contribution in [2.45, 2.75) is 20.0 Å². The number of benzene rings is 1. The Hall–Kier alpha value is -2.24. The lowest BCUT2D eigenvalue weighted by Gasteiger charge is -2.20. The lowest BCUT2D eigenvalue weighted by Crippen LogP contribution is -2.38. The summed E-state index contributed by atoms with van der Waals surface area (Å²) in [6.45, 7) is 3.86. The van der Waals surface area contributed by atoms with Crippen molar-refractivity contribution in [3.63, 3.8) is 0 Å². The minimum Gasteiger partial charge on any atom is -0.395 e. The van der Waals surface area contributed by atoms with Crippen LogP contribution in [0.4, 0.5) is 0 Å². The van der Waals surface area contributed by atoms with Gasteiger partial charge in [0.25, 0.3) is 0 Å². The van der Waals surface area contributed by atoms with E-state index in [9.17, 15) is 9.90 Å². The first-order valence-electron chi connectivity index (χ1n) is 7.72. The van der Waals surface area contributed by atoms with Crippen LogP contribution in [0.3, 0.4) is 0 Å². The molecule has 5 heteroatoms. The van der Waals surface area contributed by atoms with Crippen LogP contribution in [-0.2, 0) is 17.9 Å². The molecule has 0 aliphatic carbocycles. The van der Waals surface area contributed by atoms with Gasteiger partial charge in [-0.3, -0.25) is 14.7 Å². The Morgan fingerprint density at radius 2 is 2.09 bits per heavy atom. The van der Waals surface area contributed by atoms with E-state index >= 15 is 0 Å². The van der Waals surface area contributed by atoms with Gasteiger partial charge >= 0.3 is 0 Å². The predicted molar refractivity (Wildman–Crippen MR) is 89.6 cm³/mol. The number of amides is 1. The molecule has 0 bridgehead atoms. The molecule has 5 nitrogen and oxygen atoms in total. The van der Waals surface area contributed by atoms with Gasteiger partial charge in [-0.1, -0.05) is 30.3 Å². The van der Waals surface area contributed by atoms with Gasteiger partial charge in [-0.2, -0.15) is 0 Å². The van der Waals surface area contributed by atoms with E-state index in [2.05, 4.69) is 10.3 Å². The van der Waals surface area contributed by atoms with Gasteiger partial charge in [0.05, 0.1) is 13.2 Å². The lowest BCUT2D eigenvalue weighted by atomic mass is 10.1. The van der Waals surface area contributed by atoms with E-state index < -0.39 is 0 Å². The molecule has 0 saturated carbocycles. The van der Waals surface area contributed by atoms with Crippen LogP contribution < -0.4 is 5.32 Å². The maximum Gasteiger partial charge on any atom is 0.234 e. The zero-order valence-corrected chi connectivity index (χ0v) is 13.4. The molecule has 2 rings (SSSR count). The number of carbonyl (C=O) groups is 1. The summed E-state index contributed by atoms with van der Waals surface area (Å²) in [6.07, 6.45) is 3.49. The summed E-state index contributed by atoms with van der Waals surface area (Å²) in [4.78, 5) is 18.1. The number of rotatable bonds is 8. The normalized spacial score (nSPS) is 10.7. The molecule has 0 aliphatic rings. The number of aliphatic hydroxyl groups is 1. The van der Waals surface area contributed by atoms with Gasteiger partial charge in [0, 0.05) is 32.0 Å². The number of hydrogen-bond acceptors (Lipinski definition) is 4. The largest absolute Gasteiger partial charge is 0.395 e. The Bertz CT molecular complexity index is 617. The number of nitrogens with one attached hydrogen (secondary N) is 1. The van der Waals surface area contributed by atoms with E-state index in [-0.39, 0.29) is 19.1 Å². The standard InChI is InChI=1S/C18H23N3O2/c1-15-5-2-3-7-17(15)12-20-18(23)14-21(9-10-22)13-16-6-4-8-19-11-16/h2-8,11,22H,9-10,12-14H2,1H3,(H,20,23). The highest BCUT2D eigenvalue weighted by Gasteiger charge is 2.11. The third kappa shape index (κ3) is 5.81. The first-order valence-corrected chi connectivity index (χ1v) is 7.72. The number of aryl methyl sites for hydroxylation is 1. The maximum absolute atomic E-state index is 12.2. The van der Waals surface area contributed by atoms with E-state index in [1.165, 1.54) is 0 Å². The molecule has 0 unspecified atom stereocenters. The highest BCUT2D eigenvalue weighted by molar-refractivity contribution is 5.78. The fourth-order valence-electron chi connectivity index (χ4n) is 2.37. The molecule has 0 spiro atoms. The molecule has 1 aromatic carbocycles. The summed E-state index contributed by atoms with van der Waals surface area (Å²) < 4.78 is 0. The number of aromatic nitrogens is 1. The number of carbonyl (C=O) groups excluding carboxylic acids is 1. The Morgan fingerprint density at radius 1 is 1.26 bits per heavy atom. The number of nitrogens with zero attached hydrogens (tertiary/aromatic N) is 2. The Kier molecular flexibility index (Phi) is 6.72. The smallest absolute Gasteiger partial charge is 0.234 e. The van der Waals surface area contributed by atoms with Crippen LogP contribution in [-0.4, -0.2) is 40.6 Å². The second kappa shape index (κ2) is 9.02. The van der Waals surface area contributed by atoms with E-state index in [1.807, 2.05) is 48.2 Å². The summed E-state index contributed by atoms with van der Waals surface area (Å²) in [5.41, 5.74) is 3.30. The van der Waals surface area contributed by atoms with Crippen LogP contribution in [0.25, 0.3) is 0 Å². The van der Waals surface area contributed by atoms with Crippen molar-refractivity contribution in [1.29, 1.82) is 0 Å². The molecule has 0 saturated heterocycles. The fourth-order valence-corrected chi connectivity index (χ4v) is 2.37. The van der Waals surface area contributed by atoms with Crippen LogP contribution in [0.15, 0.2) is 48.8 Å². The molecule has 0 radical (unpaired) electrons. The fraction of sp³-hybridized carbons (Fsp3) is 0.333. The van der Waals surface area contributed by atoms with Gasteiger partial charge < -0.3 is 10.4 Å². The molecular formula is C18H23N3O2. The van der Waals surface area contributed by atoms with Crippen LogP contribution in [0.5, 0.6) is 0 Å². The van der Waals surface area contributed by atoms with Gasteiger partial charge in [-0.05, 0) is 29.7 Å². The molecular weight excluding hydrogens is 290 g/mol. The van der Waals surface area contributed by atoms with Crippen molar-refractivity contribution in [2.24, 2.45) is 0 Å². The Labute approximate surface area is 137 Å². The first-order chi connectivity index (χ1) is 11.2. The topological polar surface area (TPSA) is 65.5 Å². The third-order valence-electron chi connectivity index (χ3n) is 3.65. The molecule has 122 valence electrons. The van der Waals surface area contributed by atoms with Crippen molar-refractivity contribution in [1.82, 2.24) is 15.2 Å². The predicted octanol–water partition coefficient (Wildman–Crippen LogP) is 1.50. The second-order valence-electron chi connectivity index (χ2n) is 5.50. The zero-order chi connectivity index (χ0) is 16.5. The summed E-state index contributed by atoms with van der Waals surface area (Å²) >= 11 is 0. The van der Waals surface area contributed by atoms with E-state index in [0.29, 0.717) is 19.6 Å². The molecule has 2 N–H and O–H groups in total. The van der Waals surface area contributed by atoms with Gasteiger partial charge in [0.2, 0.25) is 5.91 Å². The van der Waals surface area contributed by atoms with Crippen LogP contribution >= 0.6 is 0 Å². The van der Waals surface area contributed by atoms with Crippen molar-refractivity contribution < 1.29 is 9.90 Å². The molecule has 2 aromatic rings. The monoisotopic (exact) mass is 313 g/mol. The highest BCUT2D eigenvalue weighted by Crippen LogP contribution is 2.06. The van der Waals surface area contributed by atoms with Gasteiger partial charge in [0.1, 0.15) is 0 Å². The van der Waals surface area contributed by atoms with Crippen molar-refractivity contribution in [3.8, 4) is 0 Å². The van der Waals surface area contributed by atoms with Crippen molar-refractivity contribution in [2.75, 3.05) is 19.7 Å². The average molecular weight is 313 g/mol. The number of aliphatic hydroxyl groups excluding tert-OH is 1. The van der Waals surface area contributed by atoms with Crippen LogP contribution in [0, 0.1) is 6.92 Å². The summed E-state index contributed by atoms with van der Waals surface area (Å²) in [6, 6.07) is 11.8.